The minimum absolute atomic E-state index is 0.190. The number of methoxy groups -OCH3 is 1. The van der Waals surface area contributed by atoms with Crippen LogP contribution in [0.25, 0.3) is 6.08 Å². The molecule has 0 fully saturated rings. The van der Waals surface area contributed by atoms with E-state index in [1.807, 2.05) is 0 Å². The Morgan fingerprint density at radius 3 is 2.26 bits per heavy atom. The van der Waals surface area contributed by atoms with Gasteiger partial charge in [0.05, 0.1) is 7.11 Å². The largest absolute Gasteiger partial charge is 0.493 e. The van der Waals surface area contributed by atoms with Gasteiger partial charge >= 0.3 is 11.9 Å². The summed E-state index contributed by atoms with van der Waals surface area (Å²) in [6.07, 6.45) is 2.68. The lowest BCUT2D eigenvalue weighted by Crippen LogP contribution is -2.07. The maximum absolute atomic E-state index is 12.0. The number of esters is 2. The normalized spacial score (nSPS) is 10.3. The lowest BCUT2D eigenvalue weighted by molar-refractivity contribution is -0.132. The summed E-state index contributed by atoms with van der Waals surface area (Å²) in [7, 11) is 1.45. The van der Waals surface area contributed by atoms with Gasteiger partial charge < -0.3 is 19.5 Å². The van der Waals surface area contributed by atoms with Crippen LogP contribution in [0, 0.1) is 0 Å². The Morgan fingerprint density at radius 2 is 1.67 bits per heavy atom. The van der Waals surface area contributed by atoms with Crippen LogP contribution >= 0.6 is 0 Å². The highest BCUT2D eigenvalue weighted by Crippen LogP contribution is 2.32. The monoisotopic (exact) mass is 369 g/mol. The number of nitrogens with one attached hydrogen (secondary N) is 1. The fraction of sp³-hybridized carbons (Fsp3) is 0.150. The van der Waals surface area contributed by atoms with Gasteiger partial charge in [0.2, 0.25) is 5.91 Å². The van der Waals surface area contributed by atoms with Gasteiger partial charge in [-0.1, -0.05) is 12.1 Å². The Bertz CT molecular complexity index is 871. The molecule has 0 spiro atoms. The highest BCUT2D eigenvalue weighted by atomic mass is 16.6. The summed E-state index contributed by atoms with van der Waals surface area (Å²) < 4.78 is 15.5. The number of carbonyl (C=O) groups excluding carboxylic acids is 3. The van der Waals surface area contributed by atoms with E-state index in [1.54, 1.807) is 42.5 Å². The maximum atomic E-state index is 12.0. The van der Waals surface area contributed by atoms with Gasteiger partial charge in [0, 0.05) is 31.2 Å². The number of benzene rings is 2. The molecule has 0 radical (unpaired) electrons. The van der Waals surface area contributed by atoms with Crippen LogP contribution in [0.5, 0.6) is 17.2 Å². The van der Waals surface area contributed by atoms with E-state index in [1.165, 1.54) is 33.1 Å². The van der Waals surface area contributed by atoms with Gasteiger partial charge in [0.1, 0.15) is 5.75 Å². The number of hydrogen-bond donors (Lipinski definition) is 1. The van der Waals surface area contributed by atoms with E-state index < -0.39 is 11.9 Å². The van der Waals surface area contributed by atoms with Crippen LogP contribution < -0.4 is 19.5 Å². The zero-order valence-corrected chi connectivity index (χ0v) is 15.1. The van der Waals surface area contributed by atoms with Gasteiger partial charge in [0.15, 0.2) is 11.5 Å². The topological polar surface area (TPSA) is 90.9 Å². The maximum Gasteiger partial charge on any atom is 0.336 e. The molecule has 0 saturated heterocycles. The van der Waals surface area contributed by atoms with E-state index in [0.29, 0.717) is 22.7 Å². The second-order valence-corrected chi connectivity index (χ2v) is 5.43. The molecule has 7 nitrogen and oxygen atoms in total. The van der Waals surface area contributed by atoms with E-state index in [-0.39, 0.29) is 11.7 Å². The summed E-state index contributed by atoms with van der Waals surface area (Å²) in [5.74, 6) is -0.394. The number of para-hydroxylation sites is 1. The third kappa shape index (κ3) is 6.00. The highest BCUT2D eigenvalue weighted by Gasteiger charge is 2.11. The molecule has 0 atom stereocenters. The molecule has 0 aliphatic carbocycles. The van der Waals surface area contributed by atoms with E-state index in [9.17, 15) is 14.4 Å². The molecular weight excluding hydrogens is 350 g/mol. The van der Waals surface area contributed by atoms with Crippen LogP contribution in [-0.2, 0) is 14.4 Å². The molecule has 0 aliphatic rings. The molecule has 0 saturated carbocycles. The van der Waals surface area contributed by atoms with Gasteiger partial charge in [-0.3, -0.25) is 9.59 Å². The average Bonchev–Trinajstić information content (AvgIpc) is 2.61. The quantitative estimate of drug-likeness (QED) is 0.478. The molecule has 0 bridgehead atoms. The molecule has 1 N–H and O–H groups in total. The lowest BCUT2D eigenvalue weighted by Gasteiger charge is -2.10. The fourth-order valence-corrected chi connectivity index (χ4v) is 2.20. The number of amides is 1. The average molecular weight is 369 g/mol. The van der Waals surface area contributed by atoms with Gasteiger partial charge in [-0.05, 0) is 36.4 Å². The molecule has 2 rings (SSSR count). The zero-order valence-electron chi connectivity index (χ0n) is 15.1. The Labute approximate surface area is 156 Å². The van der Waals surface area contributed by atoms with E-state index in [2.05, 4.69) is 5.32 Å². The van der Waals surface area contributed by atoms with Crippen molar-refractivity contribution in [1.29, 1.82) is 0 Å². The molecule has 2 aromatic carbocycles. The first-order chi connectivity index (χ1) is 12.9. The smallest absolute Gasteiger partial charge is 0.336 e. The second kappa shape index (κ2) is 9.19. The first-order valence-electron chi connectivity index (χ1n) is 8.02. The summed E-state index contributed by atoms with van der Waals surface area (Å²) in [4.78, 5) is 34.3. The van der Waals surface area contributed by atoms with Crippen LogP contribution in [-0.4, -0.2) is 25.0 Å². The van der Waals surface area contributed by atoms with Crippen molar-refractivity contribution in [2.75, 3.05) is 12.4 Å². The lowest BCUT2D eigenvalue weighted by atomic mass is 10.1. The van der Waals surface area contributed by atoms with Crippen molar-refractivity contribution in [2.24, 2.45) is 0 Å². The van der Waals surface area contributed by atoms with Crippen LogP contribution in [0.1, 0.15) is 19.4 Å². The first kappa shape index (κ1) is 19.7. The van der Waals surface area contributed by atoms with Crippen molar-refractivity contribution in [2.45, 2.75) is 13.8 Å². The molecule has 0 unspecified atom stereocenters. The number of rotatable bonds is 6. The second-order valence-electron chi connectivity index (χ2n) is 5.43. The zero-order chi connectivity index (χ0) is 19.8. The van der Waals surface area contributed by atoms with Crippen LogP contribution in [0.15, 0.2) is 48.5 Å². The number of anilines is 1. The summed E-state index contributed by atoms with van der Waals surface area (Å²) in [5.41, 5.74) is 1.09. The third-order valence-corrected chi connectivity index (χ3v) is 3.27. The standard InChI is InChI=1S/C20H19NO6/c1-13(22)21-16-8-10-17(11-9-16)27-19(24)12-7-15-5-4-6-18(25-3)20(15)26-14(2)23/h4-12H,1-3H3,(H,21,22)/b12-7+. The predicted octanol–water partition coefficient (Wildman–Crippen LogP) is 3.20. The Kier molecular flexibility index (Phi) is 6.71. The molecular formula is C20H19NO6. The molecule has 0 aliphatic heterocycles. The van der Waals surface area contributed by atoms with Crippen LogP contribution in [0.3, 0.4) is 0 Å². The summed E-state index contributed by atoms with van der Waals surface area (Å²) >= 11 is 0. The fourth-order valence-electron chi connectivity index (χ4n) is 2.20. The minimum Gasteiger partial charge on any atom is -0.493 e. The minimum atomic E-state index is -0.612. The van der Waals surface area contributed by atoms with Crippen molar-refractivity contribution in [3.8, 4) is 17.2 Å². The Morgan fingerprint density at radius 1 is 0.963 bits per heavy atom. The van der Waals surface area contributed by atoms with Gasteiger partial charge in [0.25, 0.3) is 0 Å². The molecule has 2 aromatic rings. The van der Waals surface area contributed by atoms with Crippen LogP contribution in [0.4, 0.5) is 5.69 Å². The third-order valence-electron chi connectivity index (χ3n) is 3.27. The molecule has 1 amide bonds. The number of ether oxygens (including phenoxy) is 3. The molecule has 0 heterocycles. The molecule has 140 valence electrons. The van der Waals surface area contributed by atoms with Crippen molar-refractivity contribution < 1.29 is 28.6 Å². The number of hydrogen-bond acceptors (Lipinski definition) is 6. The van der Waals surface area contributed by atoms with E-state index in [0.717, 1.165) is 0 Å². The van der Waals surface area contributed by atoms with Crippen LogP contribution in [0.2, 0.25) is 0 Å². The highest BCUT2D eigenvalue weighted by molar-refractivity contribution is 5.90. The van der Waals surface area contributed by atoms with E-state index >= 15 is 0 Å². The molecule has 7 heteroatoms. The molecule has 27 heavy (non-hydrogen) atoms. The first-order valence-corrected chi connectivity index (χ1v) is 8.02. The van der Waals surface area contributed by atoms with Crippen molar-refractivity contribution >= 4 is 29.6 Å². The predicted molar refractivity (Wildman–Crippen MR) is 99.7 cm³/mol. The molecule has 0 aromatic heterocycles. The number of carbonyl (C=O) groups is 3. The Hall–Kier alpha value is -3.61. The van der Waals surface area contributed by atoms with Gasteiger partial charge in [-0.2, -0.15) is 0 Å². The van der Waals surface area contributed by atoms with Gasteiger partial charge in [-0.15, -0.1) is 0 Å². The summed E-state index contributed by atoms with van der Waals surface area (Å²) in [6.45, 7) is 2.68. The van der Waals surface area contributed by atoms with Gasteiger partial charge in [-0.25, -0.2) is 4.79 Å². The van der Waals surface area contributed by atoms with Crippen molar-refractivity contribution in [3.63, 3.8) is 0 Å². The summed E-state index contributed by atoms with van der Waals surface area (Å²) in [5, 5.41) is 2.62. The SMILES string of the molecule is COc1cccc(/C=C/C(=O)Oc2ccc(NC(C)=O)cc2)c1OC(C)=O. The van der Waals surface area contributed by atoms with E-state index in [4.69, 9.17) is 14.2 Å². The summed E-state index contributed by atoms with van der Waals surface area (Å²) in [6, 6.07) is 11.4. The van der Waals surface area contributed by atoms with Crippen molar-refractivity contribution in [3.05, 3.63) is 54.1 Å². The Balaban J connectivity index is 2.10. The van der Waals surface area contributed by atoms with Crippen molar-refractivity contribution in [1.82, 2.24) is 0 Å².